The van der Waals surface area contributed by atoms with E-state index < -0.39 is 0 Å². The number of nitrogens with one attached hydrogen (secondary N) is 1. The van der Waals surface area contributed by atoms with Gasteiger partial charge < -0.3 is 10.3 Å². The zero-order valence-electron chi connectivity index (χ0n) is 13.5. The van der Waals surface area contributed by atoms with Gasteiger partial charge in [0, 0.05) is 24.3 Å². The van der Waals surface area contributed by atoms with E-state index in [9.17, 15) is 4.79 Å². The predicted octanol–water partition coefficient (Wildman–Crippen LogP) is 2.70. The van der Waals surface area contributed by atoms with Crippen LogP contribution in [0.25, 0.3) is 0 Å². The Kier molecular flexibility index (Phi) is 6.98. The lowest BCUT2D eigenvalue weighted by atomic mass is 10.1. The third kappa shape index (κ3) is 4.89. The molecule has 1 amide bonds. The third-order valence-electron chi connectivity index (χ3n) is 3.55. The minimum absolute atomic E-state index is 0.00408. The molecular weight excluding hydrogens is 284 g/mol. The maximum absolute atomic E-state index is 12.6. The quantitative estimate of drug-likeness (QED) is 0.598. The van der Waals surface area contributed by atoms with Crippen LogP contribution in [0.5, 0.6) is 0 Å². The zero-order chi connectivity index (χ0) is 16.0. The van der Waals surface area contributed by atoms with Crippen LogP contribution in [-0.2, 0) is 0 Å². The van der Waals surface area contributed by atoms with Gasteiger partial charge in [0.15, 0.2) is 0 Å². The van der Waals surface area contributed by atoms with Crippen molar-refractivity contribution in [3.8, 4) is 0 Å². The smallest absolute Gasteiger partial charge is 0.254 e. The number of hydrazine groups is 1. The largest absolute Gasteiger partial charge is 0.339 e. The first-order chi connectivity index (χ1) is 9.90. The van der Waals surface area contributed by atoms with E-state index in [0.29, 0.717) is 11.4 Å². The summed E-state index contributed by atoms with van der Waals surface area (Å²) in [4.78, 5) is 18.8. The molecule has 1 unspecified atom stereocenters. The number of anilines is 1. The lowest BCUT2D eigenvalue weighted by molar-refractivity contribution is 0.0741. The number of pyridine rings is 1. The minimum atomic E-state index is 0.00408. The molecule has 6 heteroatoms. The fourth-order valence-electron chi connectivity index (χ4n) is 1.93. The number of carbonyl (C=O) groups excluding carboxylic acids is 1. The summed E-state index contributed by atoms with van der Waals surface area (Å²) in [5, 5.41) is 0. The van der Waals surface area contributed by atoms with Crippen LogP contribution in [0, 0.1) is 0 Å². The number of aromatic nitrogens is 1. The molecule has 1 aromatic heterocycles. The summed E-state index contributed by atoms with van der Waals surface area (Å²) < 4.78 is 0. The first-order valence-electron chi connectivity index (χ1n) is 7.15. The number of nitrogen functional groups attached to an aromatic ring is 1. The van der Waals surface area contributed by atoms with E-state index in [1.807, 2.05) is 27.0 Å². The number of carbonyl (C=O) groups is 1. The molecule has 0 aromatic carbocycles. The molecule has 1 heterocycles. The fraction of sp³-hybridized carbons (Fsp3) is 0.600. The Morgan fingerprint density at radius 1 is 1.43 bits per heavy atom. The Hall–Kier alpha value is -1.27. The van der Waals surface area contributed by atoms with Crippen molar-refractivity contribution in [3.05, 3.63) is 23.4 Å². The number of amides is 1. The number of hydrogen-bond acceptors (Lipinski definition) is 5. The first kappa shape index (κ1) is 17.8. The van der Waals surface area contributed by atoms with Gasteiger partial charge in [-0.25, -0.2) is 10.8 Å². The first-order valence-corrected chi connectivity index (χ1v) is 8.54. The van der Waals surface area contributed by atoms with Crippen molar-refractivity contribution in [2.45, 2.75) is 39.2 Å². The molecule has 5 nitrogen and oxygen atoms in total. The molecule has 1 rings (SSSR count). The molecule has 0 spiro atoms. The minimum Gasteiger partial charge on any atom is -0.339 e. The van der Waals surface area contributed by atoms with Crippen molar-refractivity contribution in [1.29, 1.82) is 0 Å². The normalized spacial score (nSPS) is 12.3. The Bertz CT molecular complexity index is 479. The van der Waals surface area contributed by atoms with Gasteiger partial charge in [-0.3, -0.25) is 4.79 Å². The van der Waals surface area contributed by atoms with E-state index in [1.165, 1.54) is 0 Å². The van der Waals surface area contributed by atoms with Crippen LogP contribution in [0.1, 0.15) is 49.2 Å². The Morgan fingerprint density at radius 2 is 2.10 bits per heavy atom. The molecule has 21 heavy (non-hydrogen) atoms. The summed E-state index contributed by atoms with van der Waals surface area (Å²) in [6.07, 6.45) is 3.05. The summed E-state index contributed by atoms with van der Waals surface area (Å²) in [7, 11) is 1.85. The van der Waals surface area contributed by atoms with Crippen molar-refractivity contribution in [2.24, 2.45) is 5.84 Å². The standard InChI is InChI=1S/C15H26N4OS/c1-10(2)13-8-12(9-14(17-13)18-16)15(20)19(4)11(3)6-7-21-5/h8-11H,6-7,16H2,1-5H3,(H,17,18). The molecule has 0 saturated heterocycles. The van der Waals surface area contributed by atoms with Crippen LogP contribution in [0.2, 0.25) is 0 Å². The van der Waals surface area contributed by atoms with Crippen LogP contribution in [0.15, 0.2) is 12.1 Å². The van der Waals surface area contributed by atoms with Crippen LogP contribution < -0.4 is 11.3 Å². The lowest BCUT2D eigenvalue weighted by Gasteiger charge is -2.25. The van der Waals surface area contributed by atoms with E-state index in [1.54, 1.807) is 22.7 Å². The average Bonchev–Trinajstić information content (AvgIpc) is 2.50. The molecule has 0 fully saturated rings. The highest BCUT2D eigenvalue weighted by atomic mass is 32.2. The molecule has 0 saturated carbocycles. The average molecular weight is 310 g/mol. The number of thioether (sulfide) groups is 1. The van der Waals surface area contributed by atoms with E-state index in [0.717, 1.165) is 17.9 Å². The van der Waals surface area contributed by atoms with Crippen molar-refractivity contribution in [3.63, 3.8) is 0 Å². The number of nitrogens with two attached hydrogens (primary N) is 1. The number of rotatable bonds is 7. The monoisotopic (exact) mass is 310 g/mol. The molecule has 118 valence electrons. The summed E-state index contributed by atoms with van der Waals surface area (Å²) in [6.45, 7) is 6.16. The molecule has 0 aliphatic heterocycles. The van der Waals surface area contributed by atoms with Gasteiger partial charge in [0.1, 0.15) is 5.82 Å². The van der Waals surface area contributed by atoms with Gasteiger partial charge in [-0.05, 0) is 43.4 Å². The van der Waals surface area contributed by atoms with Crippen molar-refractivity contribution in [2.75, 3.05) is 24.5 Å². The number of nitrogens with zero attached hydrogens (tertiary/aromatic N) is 2. The van der Waals surface area contributed by atoms with Crippen molar-refractivity contribution >= 4 is 23.5 Å². The second kappa shape index (κ2) is 8.24. The maximum Gasteiger partial charge on any atom is 0.254 e. The summed E-state index contributed by atoms with van der Waals surface area (Å²) in [6, 6.07) is 3.76. The van der Waals surface area contributed by atoms with Crippen molar-refractivity contribution in [1.82, 2.24) is 9.88 Å². The Labute approximate surface area is 131 Å². The Balaban J connectivity index is 2.97. The van der Waals surface area contributed by atoms with E-state index in [4.69, 9.17) is 5.84 Å². The Morgan fingerprint density at radius 3 is 2.62 bits per heavy atom. The van der Waals surface area contributed by atoms with E-state index in [-0.39, 0.29) is 17.9 Å². The van der Waals surface area contributed by atoms with Gasteiger partial charge in [0.2, 0.25) is 0 Å². The molecule has 0 bridgehead atoms. The summed E-state index contributed by atoms with van der Waals surface area (Å²) in [5.41, 5.74) is 4.02. The molecule has 3 N–H and O–H groups in total. The van der Waals surface area contributed by atoms with Gasteiger partial charge in [0.25, 0.3) is 5.91 Å². The van der Waals surface area contributed by atoms with Crippen LogP contribution in [-0.4, -0.2) is 40.9 Å². The summed E-state index contributed by atoms with van der Waals surface area (Å²) in [5.74, 6) is 7.26. The van der Waals surface area contributed by atoms with Crippen molar-refractivity contribution < 1.29 is 4.79 Å². The molecular formula is C15H26N4OS. The second-order valence-electron chi connectivity index (χ2n) is 5.51. The second-order valence-corrected chi connectivity index (χ2v) is 6.50. The predicted molar refractivity (Wildman–Crippen MR) is 90.7 cm³/mol. The van der Waals surface area contributed by atoms with Gasteiger partial charge in [-0.1, -0.05) is 13.8 Å². The van der Waals surface area contributed by atoms with Gasteiger partial charge in [0.05, 0.1) is 0 Å². The van der Waals surface area contributed by atoms with Gasteiger partial charge in [-0.2, -0.15) is 11.8 Å². The zero-order valence-corrected chi connectivity index (χ0v) is 14.3. The highest BCUT2D eigenvalue weighted by Gasteiger charge is 2.19. The molecule has 0 aliphatic carbocycles. The van der Waals surface area contributed by atoms with Gasteiger partial charge >= 0.3 is 0 Å². The third-order valence-corrected chi connectivity index (χ3v) is 4.20. The van der Waals surface area contributed by atoms with E-state index >= 15 is 0 Å². The van der Waals surface area contributed by atoms with Crippen LogP contribution >= 0.6 is 11.8 Å². The van der Waals surface area contributed by atoms with Crippen LogP contribution in [0.4, 0.5) is 5.82 Å². The fourth-order valence-corrected chi connectivity index (χ4v) is 2.51. The highest BCUT2D eigenvalue weighted by molar-refractivity contribution is 7.98. The molecule has 1 atom stereocenters. The highest BCUT2D eigenvalue weighted by Crippen LogP contribution is 2.19. The summed E-state index contributed by atoms with van der Waals surface area (Å²) >= 11 is 1.79. The SMILES string of the molecule is CSCCC(C)N(C)C(=O)c1cc(NN)nc(C(C)C)c1. The maximum atomic E-state index is 12.6. The molecule has 0 radical (unpaired) electrons. The number of hydrogen-bond donors (Lipinski definition) is 2. The van der Waals surface area contributed by atoms with Gasteiger partial charge in [-0.15, -0.1) is 0 Å². The van der Waals surface area contributed by atoms with E-state index in [2.05, 4.69) is 23.6 Å². The molecule has 1 aromatic rings. The van der Waals surface area contributed by atoms with Crippen LogP contribution in [0.3, 0.4) is 0 Å². The topological polar surface area (TPSA) is 71.2 Å². The lowest BCUT2D eigenvalue weighted by Crippen LogP contribution is -2.35. The molecule has 0 aliphatic rings.